The van der Waals surface area contributed by atoms with Crippen LogP contribution in [0.25, 0.3) is 0 Å². The van der Waals surface area contributed by atoms with Crippen LogP contribution in [0.5, 0.6) is 5.75 Å². The average Bonchev–Trinajstić information content (AvgIpc) is 2.54. The number of rotatable bonds is 6. The molecule has 0 atom stereocenters. The van der Waals surface area contributed by atoms with Crippen molar-refractivity contribution >= 4 is 29.1 Å². The Labute approximate surface area is 139 Å². The van der Waals surface area contributed by atoms with Gasteiger partial charge in [-0.1, -0.05) is 36.7 Å². The summed E-state index contributed by atoms with van der Waals surface area (Å²) in [5, 5.41) is 3.15. The summed E-state index contributed by atoms with van der Waals surface area (Å²) in [6.07, 6.45) is 0.806. The van der Waals surface area contributed by atoms with E-state index in [0.29, 0.717) is 5.02 Å². The van der Waals surface area contributed by atoms with Gasteiger partial charge in [0.25, 0.3) is 11.8 Å². The molecule has 0 bridgehead atoms. The van der Waals surface area contributed by atoms with Gasteiger partial charge >= 0.3 is 0 Å². The number of ether oxygens (including phenoxy) is 1. The number of hydrogen-bond acceptors (Lipinski definition) is 3. The zero-order valence-electron chi connectivity index (χ0n) is 12.6. The largest absolute Gasteiger partial charge is 0.483 e. The molecule has 0 aromatic heterocycles. The van der Waals surface area contributed by atoms with E-state index in [1.165, 1.54) is 12.1 Å². The molecule has 0 aliphatic heterocycles. The zero-order valence-corrected chi connectivity index (χ0v) is 13.4. The van der Waals surface area contributed by atoms with Gasteiger partial charge in [-0.25, -0.2) is 0 Å². The molecule has 2 aromatic rings. The van der Waals surface area contributed by atoms with Crippen molar-refractivity contribution in [1.29, 1.82) is 0 Å². The molecule has 0 unspecified atom stereocenters. The van der Waals surface area contributed by atoms with Crippen LogP contribution in [0.4, 0.5) is 5.69 Å². The molecular weight excluding hydrogens is 316 g/mol. The number of carbonyl (C=O) groups is 2. The predicted octanol–water partition coefficient (Wildman–Crippen LogP) is 3.02. The summed E-state index contributed by atoms with van der Waals surface area (Å²) in [7, 11) is 0. The van der Waals surface area contributed by atoms with E-state index in [1.54, 1.807) is 6.07 Å². The van der Waals surface area contributed by atoms with Gasteiger partial charge in [-0.2, -0.15) is 0 Å². The lowest BCUT2D eigenvalue weighted by molar-refractivity contribution is -0.118. The third kappa shape index (κ3) is 4.47. The Kier molecular flexibility index (Phi) is 5.60. The molecule has 5 nitrogen and oxygen atoms in total. The quantitative estimate of drug-likeness (QED) is 0.853. The average molecular weight is 333 g/mol. The summed E-state index contributed by atoms with van der Waals surface area (Å²) >= 11 is 5.82. The highest BCUT2D eigenvalue weighted by Crippen LogP contribution is 2.22. The SMILES string of the molecule is CCc1ccccc1NC(=O)COc1ccc(Cl)cc1C(N)=O. The van der Waals surface area contributed by atoms with E-state index in [-0.39, 0.29) is 23.8 Å². The van der Waals surface area contributed by atoms with Crippen LogP contribution in [0.3, 0.4) is 0 Å². The van der Waals surface area contributed by atoms with E-state index in [4.69, 9.17) is 22.1 Å². The number of hydrogen-bond donors (Lipinski definition) is 2. The summed E-state index contributed by atoms with van der Waals surface area (Å²) in [5.41, 5.74) is 7.19. The van der Waals surface area contributed by atoms with E-state index >= 15 is 0 Å². The molecule has 0 radical (unpaired) electrons. The molecule has 0 aliphatic carbocycles. The molecule has 0 heterocycles. The summed E-state index contributed by atoms with van der Waals surface area (Å²) < 4.78 is 5.39. The fourth-order valence-corrected chi connectivity index (χ4v) is 2.27. The van der Waals surface area contributed by atoms with Crippen molar-refractivity contribution in [3.05, 3.63) is 58.6 Å². The highest BCUT2D eigenvalue weighted by Gasteiger charge is 2.12. The maximum atomic E-state index is 12.0. The summed E-state index contributed by atoms with van der Waals surface area (Å²) in [5.74, 6) is -0.767. The van der Waals surface area contributed by atoms with E-state index in [0.717, 1.165) is 17.7 Å². The molecule has 6 heteroatoms. The lowest BCUT2D eigenvalue weighted by Crippen LogP contribution is -2.22. The van der Waals surface area contributed by atoms with Crippen LogP contribution in [-0.2, 0) is 11.2 Å². The topological polar surface area (TPSA) is 81.4 Å². The molecule has 3 N–H and O–H groups in total. The Morgan fingerprint density at radius 3 is 2.65 bits per heavy atom. The van der Waals surface area contributed by atoms with E-state index in [9.17, 15) is 9.59 Å². The Hall–Kier alpha value is -2.53. The fourth-order valence-electron chi connectivity index (χ4n) is 2.10. The van der Waals surface area contributed by atoms with E-state index < -0.39 is 5.91 Å². The van der Waals surface area contributed by atoms with Gasteiger partial charge in [0, 0.05) is 10.7 Å². The molecular formula is C17H17ClN2O3. The van der Waals surface area contributed by atoms with Crippen molar-refractivity contribution in [3.63, 3.8) is 0 Å². The molecule has 0 aliphatic rings. The Balaban J connectivity index is 2.04. The second-order valence-electron chi connectivity index (χ2n) is 4.85. The number of amides is 2. The highest BCUT2D eigenvalue weighted by atomic mass is 35.5. The normalized spacial score (nSPS) is 10.2. The van der Waals surface area contributed by atoms with Gasteiger partial charge in [-0.05, 0) is 36.2 Å². The smallest absolute Gasteiger partial charge is 0.262 e. The first-order valence-electron chi connectivity index (χ1n) is 7.11. The van der Waals surface area contributed by atoms with Gasteiger partial charge in [0.2, 0.25) is 0 Å². The van der Waals surface area contributed by atoms with Gasteiger partial charge in [-0.3, -0.25) is 9.59 Å². The number of para-hydroxylation sites is 1. The predicted molar refractivity (Wildman–Crippen MR) is 89.9 cm³/mol. The van der Waals surface area contributed by atoms with Crippen molar-refractivity contribution < 1.29 is 14.3 Å². The maximum Gasteiger partial charge on any atom is 0.262 e. The van der Waals surface area contributed by atoms with Crippen molar-refractivity contribution in [3.8, 4) is 5.75 Å². The van der Waals surface area contributed by atoms with Gasteiger partial charge in [-0.15, -0.1) is 0 Å². The number of halogens is 1. The second-order valence-corrected chi connectivity index (χ2v) is 5.29. The minimum Gasteiger partial charge on any atom is -0.483 e. The Bertz CT molecular complexity index is 732. The first-order chi connectivity index (χ1) is 11.0. The third-order valence-corrected chi connectivity index (χ3v) is 3.47. The molecule has 0 spiro atoms. The Morgan fingerprint density at radius 2 is 1.96 bits per heavy atom. The van der Waals surface area contributed by atoms with Crippen LogP contribution in [0, 0.1) is 0 Å². The summed E-state index contributed by atoms with van der Waals surface area (Å²) in [4.78, 5) is 23.4. The van der Waals surface area contributed by atoms with Gasteiger partial charge in [0.1, 0.15) is 5.75 Å². The maximum absolute atomic E-state index is 12.0. The molecule has 2 aromatic carbocycles. The van der Waals surface area contributed by atoms with Crippen molar-refractivity contribution in [2.24, 2.45) is 5.73 Å². The van der Waals surface area contributed by atoms with Crippen molar-refractivity contribution in [2.75, 3.05) is 11.9 Å². The molecule has 2 rings (SSSR count). The van der Waals surface area contributed by atoms with Gasteiger partial charge in [0.05, 0.1) is 5.56 Å². The first kappa shape index (κ1) is 16.8. The third-order valence-electron chi connectivity index (χ3n) is 3.24. The number of nitrogens with two attached hydrogens (primary N) is 1. The van der Waals surface area contributed by atoms with E-state index in [2.05, 4.69) is 5.32 Å². The van der Waals surface area contributed by atoms with Crippen LogP contribution < -0.4 is 15.8 Å². The first-order valence-corrected chi connectivity index (χ1v) is 7.49. The second kappa shape index (κ2) is 7.65. The fraction of sp³-hybridized carbons (Fsp3) is 0.176. The molecule has 120 valence electrons. The lowest BCUT2D eigenvalue weighted by atomic mass is 10.1. The van der Waals surface area contributed by atoms with Crippen LogP contribution in [-0.4, -0.2) is 18.4 Å². The lowest BCUT2D eigenvalue weighted by Gasteiger charge is -2.12. The number of primary amides is 1. The van der Waals surface area contributed by atoms with E-state index in [1.807, 2.05) is 31.2 Å². The summed E-state index contributed by atoms with van der Waals surface area (Å²) in [6, 6.07) is 12.0. The molecule has 0 saturated carbocycles. The van der Waals surface area contributed by atoms with Gasteiger partial charge in [0.15, 0.2) is 6.61 Å². The van der Waals surface area contributed by atoms with Gasteiger partial charge < -0.3 is 15.8 Å². The zero-order chi connectivity index (χ0) is 16.8. The standard InChI is InChI=1S/C17H17ClN2O3/c1-2-11-5-3-4-6-14(11)20-16(21)10-23-15-8-7-12(18)9-13(15)17(19)22/h3-9H,2,10H2,1H3,(H2,19,22)(H,20,21). The van der Waals surface area contributed by atoms with Crippen LogP contribution in [0.1, 0.15) is 22.8 Å². The number of benzene rings is 2. The number of aryl methyl sites for hydroxylation is 1. The highest BCUT2D eigenvalue weighted by molar-refractivity contribution is 6.31. The minimum atomic E-state index is -0.667. The van der Waals surface area contributed by atoms with Crippen LogP contribution in [0.2, 0.25) is 5.02 Å². The number of carbonyl (C=O) groups excluding carboxylic acids is 2. The number of anilines is 1. The Morgan fingerprint density at radius 1 is 1.22 bits per heavy atom. The molecule has 23 heavy (non-hydrogen) atoms. The monoisotopic (exact) mass is 332 g/mol. The van der Waals surface area contributed by atoms with Crippen molar-refractivity contribution in [2.45, 2.75) is 13.3 Å². The molecule has 0 saturated heterocycles. The molecule has 2 amide bonds. The van der Waals surface area contributed by atoms with Crippen LogP contribution in [0.15, 0.2) is 42.5 Å². The van der Waals surface area contributed by atoms with Crippen LogP contribution >= 0.6 is 11.6 Å². The number of nitrogens with one attached hydrogen (secondary N) is 1. The summed E-state index contributed by atoms with van der Waals surface area (Å²) in [6.45, 7) is 1.77. The molecule has 0 fully saturated rings. The minimum absolute atomic E-state index is 0.138. The van der Waals surface area contributed by atoms with Crippen molar-refractivity contribution in [1.82, 2.24) is 0 Å².